The summed E-state index contributed by atoms with van der Waals surface area (Å²) in [6.07, 6.45) is 3.21. The molecule has 61 heavy (non-hydrogen) atoms. The number of allylic oxidation sites excluding steroid dienone is 1. The summed E-state index contributed by atoms with van der Waals surface area (Å²) in [5, 5.41) is 12.3. The molecule has 0 aliphatic carbocycles. The van der Waals surface area contributed by atoms with E-state index in [9.17, 15) is 24.3 Å². The van der Waals surface area contributed by atoms with Crippen molar-refractivity contribution in [2.45, 2.75) is 64.1 Å². The number of alkyl halides is 1. The first-order chi connectivity index (χ1) is 29.6. The summed E-state index contributed by atoms with van der Waals surface area (Å²) in [4.78, 5) is 59.4. The van der Waals surface area contributed by atoms with Crippen molar-refractivity contribution in [3.05, 3.63) is 125 Å². The second kappa shape index (κ2) is 18.6. The highest BCUT2D eigenvalue weighted by Gasteiger charge is 2.45. The van der Waals surface area contributed by atoms with E-state index in [1.807, 2.05) is 48.5 Å². The third-order valence-corrected chi connectivity index (χ3v) is 12.9. The van der Waals surface area contributed by atoms with Crippen LogP contribution in [-0.2, 0) is 9.59 Å². The molecule has 2 N–H and O–H groups in total. The maximum absolute atomic E-state index is 13.5. The Labute approximate surface area is 362 Å². The molecule has 0 spiro atoms. The second-order valence-corrected chi connectivity index (χ2v) is 17.2. The molecule has 0 saturated carbocycles. The van der Waals surface area contributed by atoms with Gasteiger partial charge in [-0.05, 0) is 129 Å². The topological polar surface area (TPSA) is 123 Å². The molecule has 4 aliphatic rings. The first-order valence-corrected chi connectivity index (χ1v) is 22.1. The first kappa shape index (κ1) is 42.2. The number of amides is 4. The highest BCUT2D eigenvalue weighted by molar-refractivity contribution is 6.23. The van der Waals surface area contributed by atoms with Crippen LogP contribution in [0.15, 0.2) is 97.1 Å². The van der Waals surface area contributed by atoms with E-state index in [4.69, 9.17) is 16.3 Å². The SMILES string of the molecule is CC1CN(CC2CCN(CCOc3ccc(C(=C(CCCl)c4ccccc4)c4ccc(O)cc4)cc3)CC2)CC(C)N1c1ccc2c(c1)C(=O)N(C1CCC(=O)NC1=O)C2=O. The molecule has 3 fully saturated rings. The standard InChI is InChI=1S/C49H54ClN5O6/c1-32-29-53(30-33(2)54(32)38-12-17-42-43(28-38)49(60)55(48(42)59)44-18-19-45(57)51-47(44)58)31-34-21-24-52(25-22-34)26-27-61-40-15-10-37(11-16-40)46(36-8-13-39(56)14-9-36)41(20-23-50)35-6-4-3-5-7-35/h3-17,28,32-34,44,56H,18-27,29-31H2,1-2H3,(H,51,57,58). The monoisotopic (exact) mass is 843 g/mol. The normalized spacial score (nSPS) is 22.0. The number of anilines is 1. The van der Waals surface area contributed by atoms with E-state index in [0.717, 1.165) is 96.3 Å². The predicted molar refractivity (Wildman–Crippen MR) is 238 cm³/mol. The van der Waals surface area contributed by atoms with Crippen molar-refractivity contribution in [3.8, 4) is 11.5 Å². The lowest BCUT2D eigenvalue weighted by molar-refractivity contribution is -0.136. The van der Waals surface area contributed by atoms with Gasteiger partial charge in [0.1, 0.15) is 24.1 Å². The van der Waals surface area contributed by atoms with Gasteiger partial charge in [0, 0.05) is 56.3 Å². The molecule has 4 heterocycles. The van der Waals surface area contributed by atoms with Gasteiger partial charge in [-0.25, -0.2) is 0 Å². The number of carbonyl (C=O) groups is 4. The highest BCUT2D eigenvalue weighted by Crippen LogP contribution is 2.37. The number of ether oxygens (including phenoxy) is 1. The lowest BCUT2D eigenvalue weighted by atomic mass is 9.88. The Morgan fingerprint density at radius 3 is 2.08 bits per heavy atom. The second-order valence-electron chi connectivity index (χ2n) is 16.9. The number of hydrogen-bond donors (Lipinski definition) is 2. The van der Waals surface area contributed by atoms with Gasteiger partial charge in [-0.15, -0.1) is 11.6 Å². The van der Waals surface area contributed by atoms with E-state index in [-0.39, 0.29) is 36.6 Å². The fraction of sp³-hybridized carbons (Fsp3) is 0.388. The van der Waals surface area contributed by atoms with Crippen molar-refractivity contribution in [1.82, 2.24) is 20.0 Å². The average molecular weight is 844 g/mol. The number of nitrogens with zero attached hydrogens (tertiary/aromatic N) is 4. The summed E-state index contributed by atoms with van der Waals surface area (Å²) in [7, 11) is 0. The molecule has 8 rings (SSSR count). The Morgan fingerprint density at radius 2 is 1.43 bits per heavy atom. The molecule has 0 radical (unpaired) electrons. The molecule has 11 nitrogen and oxygen atoms in total. The number of benzene rings is 4. The maximum atomic E-state index is 13.5. The molecule has 0 bridgehead atoms. The number of rotatable bonds is 13. The van der Waals surface area contributed by atoms with Crippen molar-refractivity contribution in [1.29, 1.82) is 0 Å². The van der Waals surface area contributed by atoms with Crippen molar-refractivity contribution in [3.63, 3.8) is 0 Å². The summed E-state index contributed by atoms with van der Waals surface area (Å²) in [5.74, 6) is 0.219. The van der Waals surface area contributed by atoms with Gasteiger partial charge < -0.3 is 14.7 Å². The van der Waals surface area contributed by atoms with Gasteiger partial charge in [0.05, 0.1) is 11.1 Å². The number of nitrogens with one attached hydrogen (secondary N) is 1. The van der Waals surface area contributed by atoms with Crippen molar-refractivity contribution in [2.24, 2.45) is 5.92 Å². The Balaban J connectivity index is 0.818. The molecule has 4 aromatic carbocycles. The largest absolute Gasteiger partial charge is 0.508 e. The van der Waals surface area contributed by atoms with Gasteiger partial charge in [-0.2, -0.15) is 0 Å². The van der Waals surface area contributed by atoms with Crippen LogP contribution in [0.3, 0.4) is 0 Å². The number of piperidine rings is 2. The van der Waals surface area contributed by atoms with Crippen LogP contribution in [0.25, 0.3) is 11.1 Å². The number of carbonyl (C=O) groups excluding carboxylic acids is 4. The third kappa shape index (κ3) is 9.24. The molecule has 3 saturated heterocycles. The van der Waals surface area contributed by atoms with E-state index in [1.165, 1.54) is 0 Å². The minimum Gasteiger partial charge on any atom is -0.508 e. The van der Waals surface area contributed by atoms with Gasteiger partial charge in [0.25, 0.3) is 11.8 Å². The van der Waals surface area contributed by atoms with Gasteiger partial charge in [-0.1, -0.05) is 54.6 Å². The van der Waals surface area contributed by atoms with Crippen LogP contribution >= 0.6 is 11.6 Å². The molecule has 4 amide bonds. The predicted octanol–water partition coefficient (Wildman–Crippen LogP) is 7.07. The molecule has 318 valence electrons. The minimum atomic E-state index is -0.975. The van der Waals surface area contributed by atoms with E-state index < -0.39 is 23.8 Å². The maximum Gasteiger partial charge on any atom is 0.262 e. The summed E-state index contributed by atoms with van der Waals surface area (Å²) < 4.78 is 6.26. The highest BCUT2D eigenvalue weighted by atomic mass is 35.5. The van der Waals surface area contributed by atoms with Gasteiger partial charge >= 0.3 is 0 Å². The number of fused-ring (bicyclic) bond motifs is 1. The summed E-state index contributed by atoms with van der Waals surface area (Å²) in [6.45, 7) is 10.8. The number of halogens is 1. The zero-order chi connectivity index (χ0) is 42.6. The Morgan fingerprint density at radius 1 is 0.770 bits per heavy atom. The van der Waals surface area contributed by atoms with E-state index in [0.29, 0.717) is 36.0 Å². The lowest BCUT2D eigenvalue weighted by Crippen LogP contribution is -2.58. The summed E-state index contributed by atoms with van der Waals surface area (Å²) in [5.41, 5.74) is 6.95. The van der Waals surface area contributed by atoms with Gasteiger partial charge in [0.15, 0.2) is 0 Å². The van der Waals surface area contributed by atoms with Crippen LogP contribution in [0.5, 0.6) is 11.5 Å². The fourth-order valence-corrected chi connectivity index (χ4v) is 9.96. The molecule has 12 heteroatoms. The molecule has 4 aliphatic heterocycles. The molecule has 4 aromatic rings. The molecule has 0 aromatic heterocycles. The van der Waals surface area contributed by atoms with E-state index >= 15 is 0 Å². The van der Waals surface area contributed by atoms with Crippen molar-refractivity contribution in [2.75, 3.05) is 56.7 Å². The molecular formula is C49H54ClN5O6. The number of piperazine rings is 1. The van der Waals surface area contributed by atoms with Crippen LogP contribution < -0.4 is 15.0 Å². The number of aromatic hydroxyl groups is 1. The Hall–Kier alpha value is -5.49. The van der Waals surface area contributed by atoms with E-state index in [2.05, 4.69) is 58.1 Å². The quantitative estimate of drug-likeness (QED) is 0.0827. The van der Waals surface area contributed by atoms with Gasteiger partial charge in [-0.3, -0.25) is 39.2 Å². The molecule has 3 unspecified atom stereocenters. The zero-order valence-electron chi connectivity index (χ0n) is 34.9. The van der Waals surface area contributed by atoms with Crippen LogP contribution in [-0.4, -0.2) is 113 Å². The molecular weight excluding hydrogens is 790 g/mol. The Kier molecular flexibility index (Phi) is 12.9. The molecule has 3 atom stereocenters. The van der Waals surface area contributed by atoms with Gasteiger partial charge in [0.2, 0.25) is 11.8 Å². The van der Waals surface area contributed by atoms with E-state index in [1.54, 1.807) is 24.3 Å². The summed E-state index contributed by atoms with van der Waals surface area (Å²) >= 11 is 6.34. The average Bonchev–Trinajstić information content (AvgIpc) is 3.50. The van der Waals surface area contributed by atoms with Crippen molar-refractivity contribution >= 4 is 52.1 Å². The van der Waals surface area contributed by atoms with Crippen LogP contribution in [0.2, 0.25) is 0 Å². The van der Waals surface area contributed by atoms with Crippen molar-refractivity contribution < 1.29 is 29.0 Å². The number of phenolic OH excluding ortho intramolecular Hbond substituents is 1. The Bertz CT molecular complexity index is 2260. The smallest absolute Gasteiger partial charge is 0.262 e. The summed E-state index contributed by atoms with van der Waals surface area (Å²) in [6, 6.07) is 30.8. The minimum absolute atomic E-state index is 0.0940. The first-order valence-electron chi connectivity index (χ1n) is 21.5. The fourth-order valence-electron chi connectivity index (χ4n) is 9.77. The third-order valence-electron chi connectivity index (χ3n) is 12.7. The number of likely N-dealkylation sites (tertiary alicyclic amines) is 1. The van der Waals surface area contributed by atoms with Crippen LogP contribution in [0, 0.1) is 5.92 Å². The number of hydrogen-bond acceptors (Lipinski definition) is 9. The number of imide groups is 2. The van der Waals surface area contributed by atoms with Crippen LogP contribution in [0.1, 0.15) is 83.4 Å². The zero-order valence-corrected chi connectivity index (χ0v) is 35.7. The lowest BCUT2D eigenvalue weighted by Gasteiger charge is -2.47. The van der Waals surface area contributed by atoms with Crippen LogP contribution in [0.4, 0.5) is 5.69 Å². The number of phenols is 1.